The molecule has 0 radical (unpaired) electrons. The second kappa shape index (κ2) is 9.20. The van der Waals surface area contributed by atoms with Crippen LogP contribution in [0.3, 0.4) is 0 Å². The lowest BCUT2D eigenvalue weighted by atomic mass is 9.91. The predicted molar refractivity (Wildman–Crippen MR) is 121 cm³/mol. The normalized spacial score (nSPS) is 11.9. The lowest BCUT2D eigenvalue weighted by Crippen LogP contribution is -2.37. The first-order valence-corrected chi connectivity index (χ1v) is 10.3. The van der Waals surface area contributed by atoms with Gasteiger partial charge in [0.2, 0.25) is 0 Å². The van der Waals surface area contributed by atoms with Crippen LogP contribution < -0.4 is 10.6 Å². The van der Waals surface area contributed by atoms with Gasteiger partial charge < -0.3 is 15.6 Å². The van der Waals surface area contributed by atoms with Crippen molar-refractivity contribution < 1.29 is 4.79 Å². The molecule has 1 atom stereocenters. The highest BCUT2D eigenvalue weighted by molar-refractivity contribution is 6.35. The number of hydrogen-bond acceptors (Lipinski definition) is 2. The molecule has 7 heteroatoms. The van der Waals surface area contributed by atoms with Crippen molar-refractivity contribution in [1.29, 1.82) is 0 Å². The van der Waals surface area contributed by atoms with Crippen molar-refractivity contribution in [2.24, 2.45) is 0 Å². The van der Waals surface area contributed by atoms with Crippen LogP contribution in [0.25, 0.3) is 10.9 Å². The maximum Gasteiger partial charge on any atom is 0.315 e. The zero-order chi connectivity index (χ0) is 20.9. The van der Waals surface area contributed by atoms with E-state index in [1.54, 1.807) is 18.5 Å². The molecule has 0 saturated carbocycles. The number of para-hydroxylation sites is 1. The Kier molecular flexibility index (Phi) is 6.21. The van der Waals surface area contributed by atoms with Crippen molar-refractivity contribution in [2.75, 3.05) is 6.54 Å². The lowest BCUT2D eigenvalue weighted by Gasteiger charge is -2.20. The molecule has 0 aliphatic heterocycles. The van der Waals surface area contributed by atoms with Crippen LogP contribution in [-0.4, -0.2) is 22.5 Å². The number of pyridine rings is 1. The van der Waals surface area contributed by atoms with Gasteiger partial charge in [-0.05, 0) is 47.0 Å². The fourth-order valence-electron chi connectivity index (χ4n) is 3.49. The number of hydrogen-bond donors (Lipinski definition) is 3. The highest BCUT2D eigenvalue weighted by Crippen LogP contribution is 2.35. The SMILES string of the molecule is O=C(NCc1ccncc1)NCC(c1ccc(Cl)cc1Cl)c1c[nH]c2ccccc12. The average molecular weight is 439 g/mol. The number of aromatic nitrogens is 2. The Morgan fingerprint density at radius 3 is 2.60 bits per heavy atom. The van der Waals surface area contributed by atoms with Crippen LogP contribution in [0, 0.1) is 0 Å². The summed E-state index contributed by atoms with van der Waals surface area (Å²) in [6, 6.07) is 17.0. The number of nitrogens with one attached hydrogen (secondary N) is 3. The molecular formula is C23H20Cl2N4O. The zero-order valence-electron chi connectivity index (χ0n) is 16.0. The lowest BCUT2D eigenvalue weighted by molar-refractivity contribution is 0.240. The number of fused-ring (bicyclic) bond motifs is 1. The quantitative estimate of drug-likeness (QED) is 0.371. The minimum atomic E-state index is -0.248. The van der Waals surface area contributed by atoms with Crippen molar-refractivity contribution in [3.05, 3.63) is 99.9 Å². The number of halogens is 2. The first-order valence-electron chi connectivity index (χ1n) is 9.53. The molecule has 2 amide bonds. The molecule has 2 aromatic heterocycles. The number of H-pyrrole nitrogens is 1. The summed E-state index contributed by atoms with van der Waals surface area (Å²) in [5.41, 5.74) is 3.98. The number of carbonyl (C=O) groups excluding carboxylic acids is 1. The Balaban J connectivity index is 1.55. The van der Waals surface area contributed by atoms with E-state index in [4.69, 9.17) is 23.2 Å². The van der Waals surface area contributed by atoms with Crippen molar-refractivity contribution in [1.82, 2.24) is 20.6 Å². The first-order chi connectivity index (χ1) is 14.6. The minimum absolute atomic E-state index is 0.141. The van der Waals surface area contributed by atoms with Gasteiger partial charge in [0.1, 0.15) is 0 Å². The molecule has 3 N–H and O–H groups in total. The third-order valence-corrected chi connectivity index (χ3v) is 5.57. The highest BCUT2D eigenvalue weighted by Gasteiger charge is 2.21. The van der Waals surface area contributed by atoms with Gasteiger partial charge in [0.25, 0.3) is 0 Å². The van der Waals surface area contributed by atoms with Crippen molar-refractivity contribution in [2.45, 2.75) is 12.5 Å². The van der Waals surface area contributed by atoms with Gasteiger partial charge in [0.05, 0.1) is 0 Å². The van der Waals surface area contributed by atoms with Crippen LogP contribution >= 0.6 is 23.2 Å². The number of amides is 2. The fraction of sp³-hybridized carbons (Fsp3) is 0.130. The summed E-state index contributed by atoms with van der Waals surface area (Å²) in [7, 11) is 0. The number of carbonyl (C=O) groups is 1. The van der Waals surface area contributed by atoms with E-state index in [2.05, 4.69) is 26.7 Å². The van der Waals surface area contributed by atoms with Gasteiger partial charge in [-0.2, -0.15) is 0 Å². The highest BCUT2D eigenvalue weighted by atomic mass is 35.5. The Labute approximate surface area is 184 Å². The van der Waals surface area contributed by atoms with Crippen LogP contribution in [0.2, 0.25) is 10.0 Å². The molecule has 30 heavy (non-hydrogen) atoms. The van der Waals surface area contributed by atoms with E-state index in [0.29, 0.717) is 23.1 Å². The van der Waals surface area contributed by atoms with Gasteiger partial charge in [-0.3, -0.25) is 4.98 Å². The first kappa shape index (κ1) is 20.3. The van der Waals surface area contributed by atoms with Gasteiger partial charge in [0.15, 0.2) is 0 Å². The van der Waals surface area contributed by atoms with Gasteiger partial charge in [-0.15, -0.1) is 0 Å². The smallest absolute Gasteiger partial charge is 0.315 e. The molecule has 2 heterocycles. The second-order valence-corrected chi connectivity index (χ2v) is 7.77. The molecule has 152 valence electrons. The van der Waals surface area contributed by atoms with Crippen LogP contribution in [0.1, 0.15) is 22.6 Å². The molecule has 0 aliphatic carbocycles. The Bertz CT molecular complexity index is 1160. The van der Waals surface area contributed by atoms with E-state index < -0.39 is 0 Å². The third-order valence-electron chi connectivity index (χ3n) is 5.00. The van der Waals surface area contributed by atoms with Crippen LogP contribution in [0.15, 0.2) is 73.2 Å². The van der Waals surface area contributed by atoms with E-state index in [1.165, 1.54) is 0 Å². The van der Waals surface area contributed by atoms with E-state index in [1.807, 2.05) is 48.7 Å². The summed E-state index contributed by atoms with van der Waals surface area (Å²) in [6.45, 7) is 0.805. The molecule has 0 saturated heterocycles. The number of nitrogens with zero attached hydrogens (tertiary/aromatic N) is 1. The van der Waals surface area contributed by atoms with Crippen molar-refractivity contribution in [3.63, 3.8) is 0 Å². The largest absolute Gasteiger partial charge is 0.361 e. The summed E-state index contributed by atoms with van der Waals surface area (Å²) in [6.07, 6.45) is 5.37. The molecule has 0 bridgehead atoms. The Hall–Kier alpha value is -3.02. The van der Waals surface area contributed by atoms with Gasteiger partial charge in [0, 0.05) is 58.5 Å². The number of benzene rings is 2. The van der Waals surface area contributed by atoms with Crippen LogP contribution in [0.4, 0.5) is 4.79 Å². The van der Waals surface area contributed by atoms with E-state index in [-0.39, 0.29) is 11.9 Å². The molecule has 0 spiro atoms. The summed E-state index contributed by atoms with van der Waals surface area (Å²) in [5, 5.41) is 8.08. The molecular weight excluding hydrogens is 419 g/mol. The second-order valence-electron chi connectivity index (χ2n) is 6.93. The van der Waals surface area contributed by atoms with Crippen molar-refractivity contribution in [3.8, 4) is 0 Å². The molecule has 5 nitrogen and oxygen atoms in total. The van der Waals surface area contributed by atoms with Gasteiger partial charge in [-0.1, -0.05) is 47.5 Å². The minimum Gasteiger partial charge on any atom is -0.361 e. The van der Waals surface area contributed by atoms with E-state index in [9.17, 15) is 4.79 Å². The van der Waals surface area contributed by atoms with Crippen LogP contribution in [0.5, 0.6) is 0 Å². The number of rotatable bonds is 6. The summed E-state index contributed by atoms with van der Waals surface area (Å²) in [4.78, 5) is 19.7. The average Bonchev–Trinajstić information content (AvgIpc) is 3.18. The van der Waals surface area contributed by atoms with Gasteiger partial charge in [-0.25, -0.2) is 4.79 Å². The maximum absolute atomic E-state index is 12.4. The Morgan fingerprint density at radius 2 is 1.80 bits per heavy atom. The number of aromatic amines is 1. The number of urea groups is 1. The summed E-state index contributed by atoms with van der Waals surface area (Å²) >= 11 is 12.6. The van der Waals surface area contributed by atoms with Crippen molar-refractivity contribution >= 4 is 40.1 Å². The molecule has 0 aliphatic rings. The monoisotopic (exact) mass is 438 g/mol. The summed E-state index contributed by atoms with van der Waals surface area (Å²) < 4.78 is 0. The molecule has 4 aromatic rings. The molecule has 1 unspecified atom stereocenters. The fourth-order valence-corrected chi connectivity index (χ4v) is 4.03. The maximum atomic E-state index is 12.4. The van der Waals surface area contributed by atoms with E-state index in [0.717, 1.165) is 27.6 Å². The Morgan fingerprint density at radius 1 is 1.00 bits per heavy atom. The molecule has 2 aromatic carbocycles. The van der Waals surface area contributed by atoms with Crippen LogP contribution in [-0.2, 0) is 6.54 Å². The standard InChI is InChI=1S/C23H20Cl2N4O/c24-16-5-6-17(21(25)11-16)19(20-13-27-22-4-2-1-3-18(20)22)14-29-23(30)28-12-15-7-9-26-10-8-15/h1-11,13,19,27H,12,14H2,(H2,28,29,30). The summed E-state index contributed by atoms with van der Waals surface area (Å²) in [5.74, 6) is -0.141. The predicted octanol–water partition coefficient (Wildman–Crippen LogP) is 5.50. The molecule has 4 rings (SSSR count). The van der Waals surface area contributed by atoms with E-state index >= 15 is 0 Å². The third kappa shape index (κ3) is 4.58. The zero-order valence-corrected chi connectivity index (χ0v) is 17.5. The van der Waals surface area contributed by atoms with Gasteiger partial charge >= 0.3 is 6.03 Å². The topological polar surface area (TPSA) is 69.8 Å². The molecule has 0 fully saturated rings.